The van der Waals surface area contributed by atoms with Crippen LogP contribution in [0.2, 0.25) is 0 Å². The van der Waals surface area contributed by atoms with Gasteiger partial charge < -0.3 is 5.32 Å². The summed E-state index contributed by atoms with van der Waals surface area (Å²) < 4.78 is 13.7. The average molecular weight is 287 g/mol. The smallest absolute Gasteiger partial charge is 0.254 e. The van der Waals surface area contributed by atoms with E-state index in [2.05, 4.69) is 26.1 Å². The van der Waals surface area contributed by atoms with Crippen LogP contribution in [-0.4, -0.2) is 12.5 Å². The lowest BCUT2D eigenvalue weighted by Gasteiger charge is -2.84. The number of carbonyl (C=O) groups excluding carboxylic acids is 1. The number of hydrogen-bond acceptors (Lipinski definition) is 1. The van der Waals surface area contributed by atoms with Crippen LogP contribution < -0.4 is 5.32 Å². The maximum atomic E-state index is 13.7. The summed E-state index contributed by atoms with van der Waals surface area (Å²) in [6.45, 7) is 7.69. The van der Waals surface area contributed by atoms with Crippen molar-refractivity contribution in [1.29, 1.82) is 0 Å². The number of rotatable bonds is 3. The SMILES string of the molecule is CC1C2C3C1C(C)(CNC(=O)c1ccccc1F)C3[C@H]2C. The molecule has 112 valence electrons. The number of halogens is 1. The molecule has 0 saturated heterocycles. The molecule has 0 spiro atoms. The monoisotopic (exact) mass is 287 g/mol. The van der Waals surface area contributed by atoms with Crippen LogP contribution in [0, 0.1) is 46.7 Å². The normalized spacial score (nSPS) is 45.7. The first-order valence-electron chi connectivity index (χ1n) is 7.99. The molecule has 7 atom stereocenters. The molecule has 3 heteroatoms. The van der Waals surface area contributed by atoms with E-state index in [0.29, 0.717) is 6.54 Å². The predicted octanol–water partition coefficient (Wildman–Crippen LogP) is 3.34. The summed E-state index contributed by atoms with van der Waals surface area (Å²) in [5.41, 5.74) is 0.359. The second-order valence-corrected chi connectivity index (χ2v) is 7.59. The van der Waals surface area contributed by atoms with Crippen molar-refractivity contribution in [3.8, 4) is 0 Å². The molecule has 3 fully saturated rings. The lowest BCUT2D eigenvalue weighted by atomic mass is 9.21. The predicted molar refractivity (Wildman–Crippen MR) is 79.1 cm³/mol. The van der Waals surface area contributed by atoms with Crippen molar-refractivity contribution < 1.29 is 9.18 Å². The average Bonchev–Trinajstić information content (AvgIpc) is 2.42. The van der Waals surface area contributed by atoms with Gasteiger partial charge in [-0.2, -0.15) is 0 Å². The third kappa shape index (κ3) is 1.45. The number of hydrogen-bond donors (Lipinski definition) is 1. The Kier molecular flexibility index (Phi) is 2.59. The lowest BCUT2D eigenvalue weighted by molar-refractivity contribution is -0.366. The summed E-state index contributed by atoms with van der Waals surface area (Å²) in [4.78, 5) is 12.2. The van der Waals surface area contributed by atoms with Gasteiger partial charge >= 0.3 is 0 Å². The first-order valence-corrected chi connectivity index (χ1v) is 7.99. The summed E-state index contributed by atoms with van der Waals surface area (Å²) >= 11 is 0. The number of amides is 1. The van der Waals surface area contributed by atoms with Gasteiger partial charge in [-0.1, -0.05) is 32.9 Å². The molecule has 0 bridgehead atoms. The van der Waals surface area contributed by atoms with E-state index in [1.165, 1.54) is 6.07 Å². The van der Waals surface area contributed by atoms with Gasteiger partial charge in [-0.05, 0) is 53.1 Å². The minimum atomic E-state index is -0.444. The van der Waals surface area contributed by atoms with Crippen molar-refractivity contribution in [2.45, 2.75) is 20.8 Å². The van der Waals surface area contributed by atoms with Crippen LogP contribution in [0.25, 0.3) is 0 Å². The Morgan fingerprint density at radius 1 is 1.19 bits per heavy atom. The van der Waals surface area contributed by atoms with E-state index >= 15 is 0 Å². The Balaban J connectivity index is 1.46. The maximum Gasteiger partial charge on any atom is 0.254 e. The molecular weight excluding hydrogens is 265 g/mol. The summed E-state index contributed by atoms with van der Waals surface area (Å²) in [6.07, 6.45) is 0. The fourth-order valence-electron chi connectivity index (χ4n) is 6.20. The minimum Gasteiger partial charge on any atom is -0.351 e. The summed E-state index contributed by atoms with van der Waals surface area (Å²) in [5.74, 6) is 4.18. The second kappa shape index (κ2) is 4.08. The molecule has 3 aliphatic carbocycles. The Labute approximate surface area is 125 Å². The molecule has 6 unspecified atom stereocenters. The molecule has 21 heavy (non-hydrogen) atoms. The molecule has 1 aromatic rings. The van der Waals surface area contributed by atoms with E-state index in [1.807, 2.05) is 0 Å². The van der Waals surface area contributed by atoms with Crippen LogP contribution in [0.5, 0.6) is 0 Å². The number of nitrogens with one attached hydrogen (secondary N) is 1. The lowest BCUT2D eigenvalue weighted by Crippen LogP contribution is -2.82. The molecule has 1 amide bonds. The molecule has 0 heterocycles. The number of carbonyl (C=O) groups is 1. The van der Waals surface area contributed by atoms with Gasteiger partial charge in [-0.25, -0.2) is 4.39 Å². The summed E-state index contributed by atoms with van der Waals surface area (Å²) in [6, 6.07) is 6.19. The van der Waals surface area contributed by atoms with Crippen molar-refractivity contribution >= 4 is 5.91 Å². The highest BCUT2D eigenvalue weighted by Gasteiger charge is 2.79. The summed E-state index contributed by atoms with van der Waals surface area (Å²) in [7, 11) is 0. The van der Waals surface area contributed by atoms with Gasteiger partial charge in [0.15, 0.2) is 0 Å². The highest BCUT2D eigenvalue weighted by molar-refractivity contribution is 5.94. The quantitative estimate of drug-likeness (QED) is 0.907. The van der Waals surface area contributed by atoms with Gasteiger partial charge in [0.1, 0.15) is 5.82 Å². The Morgan fingerprint density at radius 3 is 2.38 bits per heavy atom. The fraction of sp³-hybridized carbons (Fsp3) is 0.611. The van der Waals surface area contributed by atoms with Gasteiger partial charge in [-0.3, -0.25) is 4.79 Å². The topological polar surface area (TPSA) is 29.1 Å². The van der Waals surface area contributed by atoms with Crippen molar-refractivity contribution in [1.82, 2.24) is 5.32 Å². The molecule has 3 saturated carbocycles. The second-order valence-electron chi connectivity index (χ2n) is 7.59. The molecule has 1 aromatic carbocycles. The maximum absolute atomic E-state index is 13.7. The molecule has 3 aliphatic rings. The van der Waals surface area contributed by atoms with Crippen molar-refractivity contribution in [3.05, 3.63) is 35.6 Å². The van der Waals surface area contributed by atoms with E-state index in [-0.39, 0.29) is 16.9 Å². The van der Waals surface area contributed by atoms with Gasteiger partial charge in [0.25, 0.3) is 5.91 Å². The molecular formula is C18H22FNO. The first kappa shape index (κ1) is 13.3. The molecule has 4 rings (SSSR count). The van der Waals surface area contributed by atoms with Crippen molar-refractivity contribution in [2.24, 2.45) is 40.9 Å². The molecule has 1 N–H and O–H groups in total. The Hall–Kier alpha value is -1.38. The van der Waals surface area contributed by atoms with Crippen LogP contribution >= 0.6 is 0 Å². The zero-order chi connectivity index (χ0) is 14.9. The van der Waals surface area contributed by atoms with Crippen molar-refractivity contribution in [3.63, 3.8) is 0 Å². The third-order valence-corrected chi connectivity index (χ3v) is 6.89. The number of benzene rings is 1. The highest BCUT2D eigenvalue weighted by Crippen LogP contribution is 2.82. The van der Waals surface area contributed by atoms with Gasteiger partial charge in [0, 0.05) is 6.54 Å². The zero-order valence-electron chi connectivity index (χ0n) is 12.8. The van der Waals surface area contributed by atoms with E-state index in [1.54, 1.807) is 18.2 Å². The summed E-state index contributed by atoms with van der Waals surface area (Å²) in [5, 5.41) is 2.98. The van der Waals surface area contributed by atoms with Crippen LogP contribution in [-0.2, 0) is 0 Å². The zero-order valence-corrected chi connectivity index (χ0v) is 12.8. The first-order chi connectivity index (χ1) is 9.97. The Morgan fingerprint density at radius 2 is 1.81 bits per heavy atom. The largest absolute Gasteiger partial charge is 0.351 e. The van der Waals surface area contributed by atoms with Crippen LogP contribution in [0.3, 0.4) is 0 Å². The standard InChI is InChI=1S/C18H22FNO/c1-9-13-10(2)16-14(13)15(9)18(16,3)8-20-17(21)11-6-4-5-7-12(11)19/h4-7,9-10,13-16H,8H2,1-3H3,(H,20,21)/t9-,10?,13?,14?,15?,16?,18?/m0/s1. The van der Waals surface area contributed by atoms with E-state index in [4.69, 9.17) is 0 Å². The van der Waals surface area contributed by atoms with E-state index in [0.717, 1.165) is 35.5 Å². The molecule has 0 aromatic heterocycles. The van der Waals surface area contributed by atoms with E-state index in [9.17, 15) is 9.18 Å². The van der Waals surface area contributed by atoms with Crippen molar-refractivity contribution in [2.75, 3.05) is 6.54 Å². The third-order valence-electron chi connectivity index (χ3n) is 6.89. The minimum absolute atomic E-state index is 0.151. The Bertz CT molecular complexity index is 584. The van der Waals surface area contributed by atoms with Gasteiger partial charge in [0.05, 0.1) is 5.56 Å². The van der Waals surface area contributed by atoms with Gasteiger partial charge in [-0.15, -0.1) is 0 Å². The fourth-order valence-corrected chi connectivity index (χ4v) is 6.20. The van der Waals surface area contributed by atoms with Gasteiger partial charge in [0.2, 0.25) is 0 Å². The van der Waals surface area contributed by atoms with Crippen LogP contribution in [0.1, 0.15) is 31.1 Å². The van der Waals surface area contributed by atoms with Crippen LogP contribution in [0.4, 0.5) is 4.39 Å². The van der Waals surface area contributed by atoms with Crippen LogP contribution in [0.15, 0.2) is 24.3 Å². The molecule has 0 radical (unpaired) electrons. The molecule has 2 nitrogen and oxygen atoms in total. The highest BCUT2D eigenvalue weighted by atomic mass is 19.1. The molecule has 0 aliphatic heterocycles. The van der Waals surface area contributed by atoms with E-state index < -0.39 is 5.82 Å².